The summed E-state index contributed by atoms with van der Waals surface area (Å²) in [6, 6.07) is 5.86. The first-order valence-corrected chi connectivity index (χ1v) is 6.14. The lowest BCUT2D eigenvalue weighted by Crippen LogP contribution is -2.14. The normalized spacial score (nSPS) is 22.1. The number of hydrogen-bond acceptors (Lipinski definition) is 2. The van der Waals surface area contributed by atoms with Crippen molar-refractivity contribution in [3.8, 4) is 5.75 Å². The van der Waals surface area contributed by atoms with Crippen LogP contribution in [0.4, 0.5) is 0 Å². The fourth-order valence-corrected chi connectivity index (χ4v) is 2.60. The van der Waals surface area contributed by atoms with Gasteiger partial charge in [-0.25, -0.2) is 0 Å². The van der Waals surface area contributed by atoms with E-state index >= 15 is 0 Å². The Hall–Kier alpha value is -0.730. The first-order valence-electron chi connectivity index (χ1n) is 5.76. The second kappa shape index (κ2) is 5.07. The zero-order chi connectivity index (χ0) is 11.5. The van der Waals surface area contributed by atoms with E-state index < -0.39 is 0 Å². The third kappa shape index (κ3) is 2.33. The summed E-state index contributed by atoms with van der Waals surface area (Å²) in [5, 5.41) is 4.19. The summed E-state index contributed by atoms with van der Waals surface area (Å²) in [6.45, 7) is 4.47. The molecule has 2 rings (SSSR count). The number of rotatable bonds is 3. The van der Waals surface area contributed by atoms with Crippen molar-refractivity contribution in [2.45, 2.75) is 19.3 Å². The molecule has 0 aliphatic carbocycles. The fourth-order valence-electron chi connectivity index (χ4n) is 2.42. The first-order chi connectivity index (χ1) is 7.72. The molecule has 0 saturated carbocycles. The highest BCUT2D eigenvalue weighted by atomic mass is 35.5. The van der Waals surface area contributed by atoms with Crippen LogP contribution in [0.15, 0.2) is 18.2 Å². The molecule has 1 aromatic carbocycles. The quantitative estimate of drug-likeness (QED) is 0.876. The molecule has 0 radical (unpaired) electrons. The number of nitrogens with one attached hydrogen (secondary N) is 1. The van der Waals surface area contributed by atoms with Crippen molar-refractivity contribution in [1.82, 2.24) is 5.32 Å². The zero-order valence-corrected chi connectivity index (χ0v) is 10.6. The average molecular weight is 240 g/mol. The number of ether oxygens (including phenoxy) is 1. The van der Waals surface area contributed by atoms with Crippen LogP contribution in [0.2, 0.25) is 5.02 Å². The lowest BCUT2D eigenvalue weighted by molar-refractivity contribution is 0.394. The minimum atomic E-state index is 0.489. The molecule has 0 spiro atoms. The molecule has 0 aromatic heterocycles. The van der Waals surface area contributed by atoms with Gasteiger partial charge in [0.25, 0.3) is 0 Å². The van der Waals surface area contributed by atoms with E-state index in [4.69, 9.17) is 16.3 Å². The van der Waals surface area contributed by atoms with Crippen LogP contribution in [0.1, 0.15) is 24.8 Å². The van der Waals surface area contributed by atoms with Gasteiger partial charge in [-0.2, -0.15) is 0 Å². The van der Waals surface area contributed by atoms with E-state index in [-0.39, 0.29) is 0 Å². The second-order valence-electron chi connectivity index (χ2n) is 4.43. The Morgan fingerprint density at radius 3 is 2.94 bits per heavy atom. The smallest absolute Gasteiger partial charge is 0.122 e. The molecule has 1 heterocycles. The summed E-state index contributed by atoms with van der Waals surface area (Å²) in [6.07, 6.45) is 1.23. The summed E-state index contributed by atoms with van der Waals surface area (Å²) in [5.41, 5.74) is 1.23. The molecule has 1 aliphatic rings. The van der Waals surface area contributed by atoms with Crippen LogP contribution in [0.3, 0.4) is 0 Å². The van der Waals surface area contributed by atoms with Crippen molar-refractivity contribution in [1.29, 1.82) is 0 Å². The fraction of sp³-hybridized carbons (Fsp3) is 0.538. The molecular formula is C13H18ClNO. The molecule has 2 nitrogen and oxygen atoms in total. The summed E-state index contributed by atoms with van der Waals surface area (Å²) < 4.78 is 5.40. The van der Waals surface area contributed by atoms with Gasteiger partial charge in [0.1, 0.15) is 5.75 Å². The van der Waals surface area contributed by atoms with E-state index in [9.17, 15) is 0 Å². The minimum absolute atomic E-state index is 0.489. The van der Waals surface area contributed by atoms with Crippen molar-refractivity contribution in [2.24, 2.45) is 5.92 Å². The predicted molar refractivity (Wildman–Crippen MR) is 67.4 cm³/mol. The zero-order valence-electron chi connectivity index (χ0n) is 9.79. The molecule has 0 amide bonds. The largest absolute Gasteiger partial charge is 0.496 e. The Labute approximate surface area is 102 Å². The van der Waals surface area contributed by atoms with Gasteiger partial charge in [-0.05, 0) is 55.1 Å². The Bertz CT molecular complexity index is 361. The molecule has 1 fully saturated rings. The molecular weight excluding hydrogens is 222 g/mol. The third-order valence-electron chi connectivity index (χ3n) is 3.49. The molecule has 2 atom stereocenters. The van der Waals surface area contributed by atoms with Gasteiger partial charge in [0.05, 0.1) is 7.11 Å². The van der Waals surface area contributed by atoms with E-state index in [0.29, 0.717) is 11.8 Å². The number of benzene rings is 1. The summed E-state index contributed by atoms with van der Waals surface area (Å²) >= 11 is 6.05. The van der Waals surface area contributed by atoms with E-state index in [1.54, 1.807) is 7.11 Å². The van der Waals surface area contributed by atoms with Gasteiger partial charge in [-0.1, -0.05) is 18.5 Å². The van der Waals surface area contributed by atoms with Gasteiger partial charge >= 0.3 is 0 Å². The molecule has 88 valence electrons. The molecule has 2 unspecified atom stereocenters. The highest BCUT2D eigenvalue weighted by molar-refractivity contribution is 6.30. The van der Waals surface area contributed by atoms with Crippen molar-refractivity contribution < 1.29 is 4.74 Å². The van der Waals surface area contributed by atoms with Gasteiger partial charge in [-0.3, -0.25) is 0 Å². The van der Waals surface area contributed by atoms with E-state index in [0.717, 1.165) is 23.9 Å². The number of halogens is 1. The van der Waals surface area contributed by atoms with Crippen LogP contribution in [-0.4, -0.2) is 20.2 Å². The van der Waals surface area contributed by atoms with Crippen LogP contribution in [0.5, 0.6) is 5.75 Å². The standard InChI is InChI=1S/C13H18ClNO/c1-9(10-5-6-15-8-10)12-7-11(14)3-4-13(12)16-2/h3-4,7,9-10,15H,5-6,8H2,1-2H3. The highest BCUT2D eigenvalue weighted by Gasteiger charge is 2.24. The molecule has 1 saturated heterocycles. The topological polar surface area (TPSA) is 21.3 Å². The van der Waals surface area contributed by atoms with Crippen LogP contribution >= 0.6 is 11.6 Å². The van der Waals surface area contributed by atoms with Crippen molar-refractivity contribution >= 4 is 11.6 Å². The molecule has 16 heavy (non-hydrogen) atoms. The van der Waals surface area contributed by atoms with E-state index in [2.05, 4.69) is 12.2 Å². The van der Waals surface area contributed by atoms with Crippen molar-refractivity contribution in [3.05, 3.63) is 28.8 Å². The maximum absolute atomic E-state index is 6.05. The van der Waals surface area contributed by atoms with Crippen LogP contribution < -0.4 is 10.1 Å². The monoisotopic (exact) mass is 239 g/mol. The van der Waals surface area contributed by atoms with Gasteiger partial charge in [-0.15, -0.1) is 0 Å². The van der Waals surface area contributed by atoms with Gasteiger partial charge in [0.2, 0.25) is 0 Å². The SMILES string of the molecule is COc1ccc(Cl)cc1C(C)C1CCNC1. The van der Waals surface area contributed by atoms with Crippen LogP contribution in [-0.2, 0) is 0 Å². The summed E-state index contributed by atoms with van der Waals surface area (Å²) in [4.78, 5) is 0. The Morgan fingerprint density at radius 1 is 1.50 bits per heavy atom. The van der Waals surface area contributed by atoms with E-state index in [1.165, 1.54) is 12.0 Å². The number of methoxy groups -OCH3 is 1. The molecule has 1 aliphatic heterocycles. The van der Waals surface area contributed by atoms with E-state index in [1.807, 2.05) is 18.2 Å². The van der Waals surface area contributed by atoms with Gasteiger partial charge < -0.3 is 10.1 Å². The first kappa shape index (κ1) is 11.7. The Balaban J connectivity index is 2.26. The maximum atomic E-state index is 6.05. The molecule has 1 N–H and O–H groups in total. The Kier molecular flexibility index (Phi) is 3.72. The third-order valence-corrected chi connectivity index (χ3v) is 3.72. The molecule has 1 aromatic rings. The molecule has 3 heteroatoms. The molecule has 0 bridgehead atoms. The highest BCUT2D eigenvalue weighted by Crippen LogP contribution is 2.35. The van der Waals surface area contributed by atoms with Gasteiger partial charge in [0, 0.05) is 5.02 Å². The van der Waals surface area contributed by atoms with Gasteiger partial charge in [0.15, 0.2) is 0 Å². The maximum Gasteiger partial charge on any atom is 0.122 e. The Morgan fingerprint density at radius 2 is 2.31 bits per heavy atom. The second-order valence-corrected chi connectivity index (χ2v) is 4.86. The van der Waals surface area contributed by atoms with Crippen molar-refractivity contribution in [2.75, 3.05) is 20.2 Å². The summed E-state index contributed by atoms with van der Waals surface area (Å²) in [7, 11) is 1.71. The summed E-state index contributed by atoms with van der Waals surface area (Å²) in [5.74, 6) is 2.12. The number of hydrogen-bond donors (Lipinski definition) is 1. The minimum Gasteiger partial charge on any atom is -0.496 e. The van der Waals surface area contributed by atoms with Crippen LogP contribution in [0.25, 0.3) is 0 Å². The van der Waals surface area contributed by atoms with Crippen molar-refractivity contribution in [3.63, 3.8) is 0 Å². The average Bonchev–Trinajstić information content (AvgIpc) is 2.81. The predicted octanol–water partition coefficient (Wildman–Crippen LogP) is 3.06. The lowest BCUT2D eigenvalue weighted by atomic mass is 9.86. The lowest BCUT2D eigenvalue weighted by Gasteiger charge is -2.21. The van der Waals surface area contributed by atoms with Crippen LogP contribution in [0, 0.1) is 5.92 Å².